The van der Waals surface area contributed by atoms with Crippen LogP contribution in [-0.2, 0) is 14.8 Å². The first-order valence-electron chi connectivity index (χ1n) is 5.30. The topological polar surface area (TPSA) is 89.3 Å². The summed E-state index contributed by atoms with van der Waals surface area (Å²) in [6, 6.07) is 3.41. The van der Waals surface area contributed by atoms with Crippen molar-refractivity contribution in [1.82, 2.24) is 4.72 Å². The van der Waals surface area contributed by atoms with E-state index in [-0.39, 0.29) is 16.3 Å². The SMILES string of the molecule is C#CC[C@H](NS(=O)(=O)c1cccc(C)c1Cl)C(N)=O. The molecule has 0 bridgehead atoms. The highest BCUT2D eigenvalue weighted by Gasteiger charge is 2.25. The molecule has 0 radical (unpaired) electrons. The third-order valence-corrected chi connectivity index (χ3v) is 4.54. The fourth-order valence-corrected chi connectivity index (χ4v) is 3.18. The third kappa shape index (κ3) is 3.70. The maximum atomic E-state index is 12.1. The Hall–Kier alpha value is -1.55. The highest BCUT2D eigenvalue weighted by atomic mass is 35.5. The Balaban J connectivity index is 3.15. The maximum Gasteiger partial charge on any atom is 0.242 e. The van der Waals surface area contributed by atoms with Crippen molar-refractivity contribution < 1.29 is 13.2 Å². The Bertz CT molecular complexity index is 635. The van der Waals surface area contributed by atoms with Crippen molar-refractivity contribution in [1.29, 1.82) is 0 Å². The van der Waals surface area contributed by atoms with Crippen molar-refractivity contribution in [2.75, 3.05) is 0 Å². The molecule has 102 valence electrons. The number of carbonyl (C=O) groups excluding carboxylic acids is 1. The van der Waals surface area contributed by atoms with Crippen molar-refractivity contribution >= 4 is 27.5 Å². The second-order valence-electron chi connectivity index (χ2n) is 3.87. The first-order chi connectivity index (χ1) is 8.79. The zero-order chi connectivity index (χ0) is 14.6. The van der Waals surface area contributed by atoms with Gasteiger partial charge < -0.3 is 5.73 Å². The molecule has 1 rings (SSSR count). The molecule has 0 unspecified atom stereocenters. The highest BCUT2D eigenvalue weighted by molar-refractivity contribution is 7.89. The van der Waals surface area contributed by atoms with Gasteiger partial charge in [-0.25, -0.2) is 8.42 Å². The second-order valence-corrected chi connectivity index (χ2v) is 5.93. The molecule has 5 nitrogen and oxygen atoms in total. The summed E-state index contributed by atoms with van der Waals surface area (Å²) < 4.78 is 26.4. The summed E-state index contributed by atoms with van der Waals surface area (Å²) >= 11 is 5.94. The first-order valence-corrected chi connectivity index (χ1v) is 7.16. The molecule has 7 heteroatoms. The number of aryl methyl sites for hydroxylation is 1. The molecule has 19 heavy (non-hydrogen) atoms. The van der Waals surface area contributed by atoms with Gasteiger partial charge in [-0.05, 0) is 18.6 Å². The number of hydrogen-bond acceptors (Lipinski definition) is 3. The Morgan fingerprint density at radius 3 is 2.74 bits per heavy atom. The van der Waals surface area contributed by atoms with Crippen LogP contribution in [0.3, 0.4) is 0 Å². The van der Waals surface area contributed by atoms with Crippen molar-refractivity contribution in [2.24, 2.45) is 5.73 Å². The molecule has 1 atom stereocenters. The van der Waals surface area contributed by atoms with E-state index in [2.05, 4.69) is 10.6 Å². The van der Waals surface area contributed by atoms with E-state index in [1.165, 1.54) is 6.07 Å². The number of terminal acetylenes is 1. The minimum atomic E-state index is -3.96. The quantitative estimate of drug-likeness (QED) is 0.788. The fraction of sp³-hybridized carbons (Fsp3) is 0.250. The van der Waals surface area contributed by atoms with Gasteiger partial charge in [-0.2, -0.15) is 4.72 Å². The summed E-state index contributed by atoms with van der Waals surface area (Å²) in [6.07, 6.45) is 4.93. The predicted octanol–water partition coefficient (Wildman–Crippen LogP) is 0.804. The summed E-state index contributed by atoms with van der Waals surface area (Å²) in [5.41, 5.74) is 5.69. The van der Waals surface area contributed by atoms with Crippen LogP contribution in [0.15, 0.2) is 23.1 Å². The van der Waals surface area contributed by atoms with Gasteiger partial charge in [0.25, 0.3) is 0 Å². The van der Waals surface area contributed by atoms with Gasteiger partial charge in [0.2, 0.25) is 15.9 Å². The second kappa shape index (κ2) is 6.06. The Morgan fingerprint density at radius 2 is 2.21 bits per heavy atom. The number of benzene rings is 1. The lowest BCUT2D eigenvalue weighted by Gasteiger charge is -2.14. The molecule has 0 fully saturated rings. The molecule has 3 N–H and O–H groups in total. The fourth-order valence-electron chi connectivity index (χ4n) is 1.40. The van der Waals surface area contributed by atoms with Crippen LogP contribution in [0.25, 0.3) is 0 Å². The minimum Gasteiger partial charge on any atom is -0.368 e. The smallest absolute Gasteiger partial charge is 0.242 e. The molecule has 0 aromatic heterocycles. The number of rotatable bonds is 5. The molecule has 0 saturated carbocycles. The highest BCUT2D eigenvalue weighted by Crippen LogP contribution is 2.24. The molecule has 1 aromatic rings. The van der Waals surface area contributed by atoms with Crippen LogP contribution in [-0.4, -0.2) is 20.4 Å². The molecule has 0 aliphatic rings. The monoisotopic (exact) mass is 300 g/mol. The van der Waals surface area contributed by atoms with E-state index in [4.69, 9.17) is 23.8 Å². The normalized spacial score (nSPS) is 12.7. The summed E-state index contributed by atoms with van der Waals surface area (Å²) in [7, 11) is -3.96. The van der Waals surface area contributed by atoms with Gasteiger partial charge in [0.15, 0.2) is 0 Å². The third-order valence-electron chi connectivity index (χ3n) is 2.41. The van der Waals surface area contributed by atoms with Gasteiger partial charge in [-0.1, -0.05) is 23.7 Å². The number of amides is 1. The van der Waals surface area contributed by atoms with Gasteiger partial charge in [-0.15, -0.1) is 12.3 Å². The van der Waals surface area contributed by atoms with Gasteiger partial charge in [0, 0.05) is 6.42 Å². The average Bonchev–Trinajstić information content (AvgIpc) is 2.31. The standard InChI is InChI=1S/C12H13ClN2O3S/c1-3-5-9(12(14)16)15-19(17,18)10-7-4-6-8(2)11(10)13/h1,4,6-7,9,15H,5H2,2H3,(H2,14,16)/t9-/m0/s1. The molecule has 0 aliphatic carbocycles. The Morgan fingerprint density at radius 1 is 1.58 bits per heavy atom. The van der Waals surface area contributed by atoms with Crippen molar-refractivity contribution in [3.8, 4) is 12.3 Å². The number of primary amides is 1. The summed E-state index contributed by atoms with van der Waals surface area (Å²) in [4.78, 5) is 11.0. The number of carbonyl (C=O) groups is 1. The van der Waals surface area contributed by atoms with Crippen LogP contribution in [0.5, 0.6) is 0 Å². The summed E-state index contributed by atoms with van der Waals surface area (Å²) in [5.74, 6) is 1.35. The van der Waals surface area contributed by atoms with E-state index in [0.29, 0.717) is 5.56 Å². The summed E-state index contributed by atoms with van der Waals surface area (Å²) in [6.45, 7) is 1.67. The Kier molecular flexibility index (Phi) is 4.95. The van der Waals surface area contributed by atoms with E-state index >= 15 is 0 Å². The number of halogens is 1. The number of nitrogens with two attached hydrogens (primary N) is 1. The first kappa shape index (κ1) is 15.5. The van der Waals surface area contributed by atoms with Crippen LogP contribution in [0.1, 0.15) is 12.0 Å². The van der Waals surface area contributed by atoms with E-state index in [1.807, 2.05) is 0 Å². The molecule has 0 spiro atoms. The van der Waals surface area contributed by atoms with Gasteiger partial charge in [0.05, 0.1) is 5.02 Å². The number of sulfonamides is 1. The molecule has 1 aromatic carbocycles. The van der Waals surface area contributed by atoms with Crippen molar-refractivity contribution in [3.05, 3.63) is 28.8 Å². The van der Waals surface area contributed by atoms with Crippen LogP contribution in [0, 0.1) is 19.3 Å². The van der Waals surface area contributed by atoms with Crippen molar-refractivity contribution in [3.63, 3.8) is 0 Å². The lowest BCUT2D eigenvalue weighted by atomic mass is 10.2. The van der Waals surface area contributed by atoms with E-state index in [0.717, 1.165) is 0 Å². The predicted molar refractivity (Wildman–Crippen MR) is 72.9 cm³/mol. The van der Waals surface area contributed by atoms with E-state index in [9.17, 15) is 13.2 Å². The largest absolute Gasteiger partial charge is 0.368 e. The molecule has 0 saturated heterocycles. The zero-order valence-corrected chi connectivity index (χ0v) is 11.8. The lowest BCUT2D eigenvalue weighted by molar-refractivity contribution is -0.119. The Labute approximate surface area is 117 Å². The van der Waals surface area contributed by atoms with Crippen molar-refractivity contribution in [2.45, 2.75) is 24.3 Å². The molecular formula is C12H13ClN2O3S. The van der Waals surface area contributed by atoms with E-state index < -0.39 is 22.0 Å². The van der Waals surface area contributed by atoms with Gasteiger partial charge in [-0.3, -0.25) is 4.79 Å². The lowest BCUT2D eigenvalue weighted by Crippen LogP contribution is -2.44. The van der Waals surface area contributed by atoms with Crippen LogP contribution in [0.2, 0.25) is 5.02 Å². The van der Waals surface area contributed by atoms with Gasteiger partial charge >= 0.3 is 0 Å². The van der Waals surface area contributed by atoms with E-state index in [1.54, 1.807) is 19.1 Å². The van der Waals surface area contributed by atoms with Crippen LogP contribution < -0.4 is 10.5 Å². The number of nitrogens with one attached hydrogen (secondary N) is 1. The average molecular weight is 301 g/mol. The minimum absolute atomic E-state index is 0.0962. The number of hydrogen-bond donors (Lipinski definition) is 2. The molecule has 1 amide bonds. The maximum absolute atomic E-state index is 12.1. The van der Waals surface area contributed by atoms with Crippen LogP contribution >= 0.6 is 11.6 Å². The molecular weight excluding hydrogens is 288 g/mol. The zero-order valence-electron chi connectivity index (χ0n) is 10.2. The summed E-state index contributed by atoms with van der Waals surface area (Å²) in [5, 5.41) is 0.0962. The molecule has 0 aliphatic heterocycles. The van der Waals surface area contributed by atoms with Crippen LogP contribution in [0.4, 0.5) is 0 Å². The van der Waals surface area contributed by atoms with Gasteiger partial charge in [0.1, 0.15) is 10.9 Å². The molecule has 0 heterocycles.